The van der Waals surface area contributed by atoms with Crippen LogP contribution in [0.3, 0.4) is 0 Å². The van der Waals surface area contributed by atoms with Gasteiger partial charge in [0.15, 0.2) is 11.6 Å². The Kier molecular flexibility index (Phi) is 15.7. The highest BCUT2D eigenvalue weighted by molar-refractivity contribution is 5.94. The SMILES string of the molecule is CCCC[C@@H](NC(=O)[C@H](CC(=O)[C@H](N)Cc1ccccc1)Cc1ccccc1)C(=O)C[C@H](CCCN)C(=O)N[C@@H]1CC[C@H](C(=O)O)C1. The van der Waals surface area contributed by atoms with Crippen LogP contribution in [0.25, 0.3) is 0 Å². The van der Waals surface area contributed by atoms with Crippen LogP contribution in [0.5, 0.6) is 0 Å². The number of unbranched alkanes of at least 4 members (excludes halogenated alkanes) is 1. The number of rotatable bonds is 21. The zero-order valence-corrected chi connectivity index (χ0v) is 27.6. The molecule has 2 aromatic rings. The molecule has 0 aliphatic heterocycles. The first-order chi connectivity index (χ1) is 22.6. The molecule has 6 atom stereocenters. The van der Waals surface area contributed by atoms with Crippen molar-refractivity contribution in [2.24, 2.45) is 29.2 Å². The molecule has 10 nitrogen and oxygen atoms in total. The van der Waals surface area contributed by atoms with Gasteiger partial charge < -0.3 is 27.2 Å². The van der Waals surface area contributed by atoms with Gasteiger partial charge in [-0.3, -0.25) is 24.0 Å². The highest BCUT2D eigenvalue weighted by Crippen LogP contribution is 2.27. The minimum Gasteiger partial charge on any atom is -0.481 e. The van der Waals surface area contributed by atoms with Crippen molar-refractivity contribution in [1.29, 1.82) is 0 Å². The van der Waals surface area contributed by atoms with Crippen LogP contribution in [-0.4, -0.2) is 59.1 Å². The molecule has 1 aliphatic carbocycles. The Morgan fingerprint density at radius 2 is 1.43 bits per heavy atom. The summed E-state index contributed by atoms with van der Waals surface area (Å²) < 4.78 is 0. The number of carbonyl (C=O) groups excluding carboxylic acids is 4. The second-order valence-corrected chi connectivity index (χ2v) is 12.9. The van der Waals surface area contributed by atoms with Crippen molar-refractivity contribution in [2.75, 3.05) is 6.54 Å². The normalized spacial score (nSPS) is 18.4. The standard InChI is InChI=1S/C37H52N4O6/c1-2-3-16-32(34(43)23-27(15-10-19-38)35(44)40-30-18-17-28(22-30)37(46)47)41-36(45)29(20-25-11-6-4-7-12-25)24-33(42)31(39)21-26-13-8-5-9-14-26/h4-9,11-14,27-32H,2-3,10,15-24,38-39H2,1H3,(H,40,44)(H,41,45)(H,46,47)/t27-,28-,29-,30+,31+,32+/m0/s1. The number of carboxylic acid groups (broad SMARTS) is 1. The lowest BCUT2D eigenvalue weighted by Gasteiger charge is -2.25. The van der Waals surface area contributed by atoms with Crippen LogP contribution in [0.2, 0.25) is 0 Å². The Bertz CT molecular complexity index is 1300. The van der Waals surface area contributed by atoms with Gasteiger partial charge in [-0.25, -0.2) is 0 Å². The third-order valence-electron chi connectivity index (χ3n) is 9.11. The van der Waals surface area contributed by atoms with Gasteiger partial charge in [0.05, 0.1) is 18.0 Å². The van der Waals surface area contributed by atoms with E-state index >= 15 is 0 Å². The number of carboxylic acids is 1. The maximum atomic E-state index is 13.8. The van der Waals surface area contributed by atoms with Crippen LogP contribution in [0.4, 0.5) is 0 Å². The lowest BCUT2D eigenvalue weighted by Crippen LogP contribution is -2.47. The third kappa shape index (κ3) is 12.7. The Hall–Kier alpha value is -3.89. The largest absolute Gasteiger partial charge is 0.481 e. The van der Waals surface area contributed by atoms with Crippen molar-refractivity contribution < 1.29 is 29.1 Å². The summed E-state index contributed by atoms with van der Waals surface area (Å²) in [4.78, 5) is 65.6. The molecule has 0 spiro atoms. The maximum Gasteiger partial charge on any atom is 0.306 e. The molecule has 0 aromatic heterocycles. The van der Waals surface area contributed by atoms with E-state index in [4.69, 9.17) is 11.5 Å². The lowest BCUT2D eigenvalue weighted by atomic mass is 9.88. The first kappa shape index (κ1) is 37.6. The topological polar surface area (TPSA) is 182 Å². The fourth-order valence-corrected chi connectivity index (χ4v) is 6.27. The molecule has 1 fully saturated rings. The number of nitrogens with one attached hydrogen (secondary N) is 2. The number of hydrogen-bond acceptors (Lipinski definition) is 7. The predicted molar refractivity (Wildman–Crippen MR) is 181 cm³/mol. The number of ketones is 2. The highest BCUT2D eigenvalue weighted by atomic mass is 16.4. The Balaban J connectivity index is 1.72. The smallest absolute Gasteiger partial charge is 0.306 e. The van der Waals surface area contributed by atoms with Crippen LogP contribution in [0.15, 0.2) is 60.7 Å². The summed E-state index contributed by atoms with van der Waals surface area (Å²) in [7, 11) is 0. The van der Waals surface area contributed by atoms with Gasteiger partial charge >= 0.3 is 5.97 Å². The van der Waals surface area contributed by atoms with Gasteiger partial charge in [0, 0.05) is 30.7 Å². The van der Waals surface area contributed by atoms with Crippen LogP contribution >= 0.6 is 0 Å². The Morgan fingerprint density at radius 1 is 0.809 bits per heavy atom. The maximum absolute atomic E-state index is 13.8. The van der Waals surface area contributed by atoms with Crippen LogP contribution < -0.4 is 22.1 Å². The van der Waals surface area contributed by atoms with E-state index in [1.165, 1.54) is 0 Å². The molecule has 0 heterocycles. The number of nitrogens with two attached hydrogens (primary N) is 2. The fraction of sp³-hybridized carbons (Fsp3) is 0.541. The molecule has 47 heavy (non-hydrogen) atoms. The number of Topliss-reactive ketones (excluding diaryl/α,β-unsaturated/α-hetero) is 2. The molecule has 0 unspecified atom stereocenters. The molecule has 1 aliphatic rings. The van der Waals surface area contributed by atoms with Crippen molar-refractivity contribution in [3.63, 3.8) is 0 Å². The summed E-state index contributed by atoms with van der Waals surface area (Å²) >= 11 is 0. The number of hydrogen-bond donors (Lipinski definition) is 5. The average molecular weight is 649 g/mol. The van der Waals surface area contributed by atoms with E-state index in [2.05, 4.69) is 10.6 Å². The third-order valence-corrected chi connectivity index (χ3v) is 9.11. The molecule has 256 valence electrons. The van der Waals surface area contributed by atoms with Gasteiger partial charge in [-0.2, -0.15) is 0 Å². The lowest BCUT2D eigenvalue weighted by molar-refractivity contribution is -0.141. The number of benzene rings is 2. The zero-order valence-electron chi connectivity index (χ0n) is 27.6. The van der Waals surface area contributed by atoms with Crippen LogP contribution in [0.1, 0.15) is 82.3 Å². The average Bonchev–Trinajstić information content (AvgIpc) is 3.54. The van der Waals surface area contributed by atoms with E-state index in [1.807, 2.05) is 67.6 Å². The van der Waals surface area contributed by atoms with Crippen molar-refractivity contribution in [3.05, 3.63) is 71.8 Å². The van der Waals surface area contributed by atoms with Gasteiger partial charge in [0.1, 0.15) is 0 Å². The van der Waals surface area contributed by atoms with Crippen LogP contribution in [-0.2, 0) is 36.8 Å². The number of carbonyl (C=O) groups is 5. The highest BCUT2D eigenvalue weighted by Gasteiger charge is 2.34. The molecule has 0 radical (unpaired) electrons. The summed E-state index contributed by atoms with van der Waals surface area (Å²) in [6.07, 6.45) is 4.84. The predicted octanol–water partition coefficient (Wildman–Crippen LogP) is 3.73. The summed E-state index contributed by atoms with van der Waals surface area (Å²) in [5, 5.41) is 15.3. The zero-order chi connectivity index (χ0) is 34.2. The van der Waals surface area contributed by atoms with Gasteiger partial charge in [-0.05, 0) is 69.0 Å². The first-order valence-electron chi connectivity index (χ1n) is 17.0. The molecule has 10 heteroatoms. The van der Waals surface area contributed by atoms with E-state index in [1.54, 1.807) is 0 Å². The second kappa shape index (κ2) is 19.7. The quantitative estimate of drug-likeness (QED) is 0.136. The molecule has 7 N–H and O–H groups in total. The summed E-state index contributed by atoms with van der Waals surface area (Å²) in [5.41, 5.74) is 13.9. The summed E-state index contributed by atoms with van der Waals surface area (Å²) in [6, 6.07) is 17.1. The van der Waals surface area contributed by atoms with Crippen molar-refractivity contribution >= 4 is 29.4 Å². The molecular weight excluding hydrogens is 596 g/mol. The van der Waals surface area contributed by atoms with Gasteiger partial charge in [-0.15, -0.1) is 0 Å². The first-order valence-corrected chi connectivity index (χ1v) is 17.0. The van der Waals surface area contributed by atoms with Gasteiger partial charge in [0.25, 0.3) is 0 Å². The van der Waals surface area contributed by atoms with E-state index in [0.29, 0.717) is 64.3 Å². The van der Waals surface area contributed by atoms with Crippen LogP contribution in [0, 0.1) is 17.8 Å². The fourth-order valence-electron chi connectivity index (χ4n) is 6.27. The van der Waals surface area contributed by atoms with E-state index in [9.17, 15) is 29.1 Å². The monoisotopic (exact) mass is 648 g/mol. The minimum atomic E-state index is -0.864. The molecule has 3 rings (SSSR count). The molecule has 2 aromatic carbocycles. The van der Waals surface area contributed by atoms with E-state index in [0.717, 1.165) is 17.5 Å². The van der Waals surface area contributed by atoms with E-state index in [-0.39, 0.29) is 36.4 Å². The van der Waals surface area contributed by atoms with Crippen molar-refractivity contribution in [1.82, 2.24) is 10.6 Å². The summed E-state index contributed by atoms with van der Waals surface area (Å²) in [6.45, 7) is 2.36. The Morgan fingerprint density at radius 3 is 2.00 bits per heavy atom. The number of aliphatic carboxylic acids is 1. The summed E-state index contributed by atoms with van der Waals surface area (Å²) in [5.74, 6) is -3.88. The molecule has 2 amide bonds. The second-order valence-electron chi connectivity index (χ2n) is 12.9. The van der Waals surface area contributed by atoms with Crippen molar-refractivity contribution in [3.8, 4) is 0 Å². The molecular formula is C37H52N4O6. The number of amides is 2. The Labute approximate surface area is 278 Å². The van der Waals surface area contributed by atoms with Gasteiger partial charge in [-0.1, -0.05) is 80.4 Å². The molecule has 0 saturated heterocycles. The minimum absolute atomic E-state index is 0.0658. The molecule has 1 saturated carbocycles. The molecule has 0 bridgehead atoms. The van der Waals surface area contributed by atoms with Crippen molar-refractivity contribution in [2.45, 2.75) is 102 Å². The van der Waals surface area contributed by atoms with E-state index < -0.39 is 41.7 Å². The van der Waals surface area contributed by atoms with Gasteiger partial charge in [0.2, 0.25) is 11.8 Å².